The third kappa shape index (κ3) is 1.74. The fraction of sp³-hybridized carbons (Fsp3) is 0.667. The summed E-state index contributed by atoms with van der Waals surface area (Å²) in [6.45, 7) is 4.39. The molecule has 2 heteroatoms. The van der Waals surface area contributed by atoms with Crippen molar-refractivity contribution in [1.82, 2.24) is 0 Å². The molecule has 1 atom stereocenters. The zero-order valence-electron chi connectivity index (χ0n) is 7.22. The Morgan fingerprint density at radius 3 is 2.55 bits per heavy atom. The Morgan fingerprint density at radius 2 is 2.27 bits per heavy atom. The first-order valence-corrected chi connectivity index (χ1v) is 3.76. The van der Waals surface area contributed by atoms with Crippen molar-refractivity contribution < 1.29 is 4.74 Å². The molecule has 0 aromatic carbocycles. The summed E-state index contributed by atoms with van der Waals surface area (Å²) in [4.78, 5) is 0. The lowest BCUT2D eigenvalue weighted by molar-refractivity contribution is 0.307. The SMILES string of the molecule is CO/C(C#N)=C/C1CC1(C)C. The van der Waals surface area contributed by atoms with Gasteiger partial charge in [0.15, 0.2) is 5.76 Å². The zero-order valence-corrected chi connectivity index (χ0v) is 7.22. The Kier molecular flexibility index (Phi) is 1.90. The fourth-order valence-electron chi connectivity index (χ4n) is 1.13. The van der Waals surface area contributed by atoms with E-state index < -0.39 is 0 Å². The highest BCUT2D eigenvalue weighted by molar-refractivity contribution is 5.19. The van der Waals surface area contributed by atoms with Crippen LogP contribution in [0.1, 0.15) is 20.3 Å². The van der Waals surface area contributed by atoms with Crippen molar-refractivity contribution in [1.29, 1.82) is 5.26 Å². The lowest BCUT2D eigenvalue weighted by Crippen LogP contribution is -1.89. The van der Waals surface area contributed by atoms with Crippen molar-refractivity contribution in [3.63, 3.8) is 0 Å². The molecule has 1 fully saturated rings. The van der Waals surface area contributed by atoms with E-state index in [0.717, 1.165) is 0 Å². The van der Waals surface area contributed by atoms with E-state index in [9.17, 15) is 0 Å². The van der Waals surface area contributed by atoms with Gasteiger partial charge in [-0.2, -0.15) is 5.26 Å². The molecule has 1 aliphatic rings. The molecule has 1 unspecified atom stereocenters. The Labute approximate surface area is 67.5 Å². The van der Waals surface area contributed by atoms with Crippen LogP contribution in [0.3, 0.4) is 0 Å². The van der Waals surface area contributed by atoms with E-state index in [2.05, 4.69) is 13.8 Å². The van der Waals surface area contributed by atoms with E-state index in [1.54, 1.807) is 0 Å². The van der Waals surface area contributed by atoms with Crippen LogP contribution in [0, 0.1) is 22.7 Å². The average Bonchev–Trinajstić information content (AvgIpc) is 2.54. The van der Waals surface area contributed by atoms with Gasteiger partial charge in [-0.25, -0.2) is 0 Å². The van der Waals surface area contributed by atoms with Gasteiger partial charge >= 0.3 is 0 Å². The second kappa shape index (κ2) is 2.58. The molecule has 2 nitrogen and oxygen atoms in total. The molecule has 1 saturated carbocycles. The summed E-state index contributed by atoms with van der Waals surface area (Å²) in [7, 11) is 1.53. The van der Waals surface area contributed by atoms with Gasteiger partial charge in [0.1, 0.15) is 6.07 Å². The van der Waals surface area contributed by atoms with Crippen LogP contribution in [0.2, 0.25) is 0 Å². The van der Waals surface area contributed by atoms with E-state index in [1.807, 2.05) is 12.1 Å². The minimum absolute atomic E-state index is 0.390. The van der Waals surface area contributed by atoms with E-state index in [0.29, 0.717) is 17.1 Å². The summed E-state index contributed by atoms with van der Waals surface area (Å²) < 4.78 is 4.84. The smallest absolute Gasteiger partial charge is 0.192 e. The molecule has 0 saturated heterocycles. The summed E-state index contributed by atoms with van der Waals surface area (Å²) in [5, 5.41) is 8.53. The first kappa shape index (κ1) is 8.13. The number of hydrogen-bond donors (Lipinski definition) is 0. The summed E-state index contributed by atoms with van der Waals surface area (Å²) in [5.41, 5.74) is 0.390. The molecule has 60 valence electrons. The Hall–Kier alpha value is -0.970. The molecule has 0 amide bonds. The maximum absolute atomic E-state index is 8.53. The van der Waals surface area contributed by atoms with Crippen LogP contribution < -0.4 is 0 Å². The van der Waals surface area contributed by atoms with Gasteiger partial charge < -0.3 is 4.74 Å². The highest BCUT2D eigenvalue weighted by Crippen LogP contribution is 2.52. The number of methoxy groups -OCH3 is 1. The van der Waals surface area contributed by atoms with Gasteiger partial charge in [-0.3, -0.25) is 0 Å². The molecule has 0 radical (unpaired) electrons. The predicted octanol–water partition coefficient (Wildman–Crippen LogP) is 2.09. The molecule has 11 heavy (non-hydrogen) atoms. The van der Waals surface area contributed by atoms with E-state index in [1.165, 1.54) is 13.5 Å². The summed E-state index contributed by atoms with van der Waals surface area (Å²) in [6, 6.07) is 2.00. The number of allylic oxidation sites excluding steroid dienone is 2. The molecule has 0 aliphatic heterocycles. The molecule has 0 aromatic heterocycles. The van der Waals surface area contributed by atoms with E-state index in [-0.39, 0.29) is 0 Å². The lowest BCUT2D eigenvalue weighted by Gasteiger charge is -1.98. The van der Waals surface area contributed by atoms with Crippen molar-refractivity contribution in [3.05, 3.63) is 11.8 Å². The zero-order chi connectivity index (χ0) is 8.48. The quantitative estimate of drug-likeness (QED) is 0.447. The van der Waals surface area contributed by atoms with Crippen LogP contribution in [0.4, 0.5) is 0 Å². The molecule has 0 heterocycles. The molecule has 0 aromatic rings. The normalized spacial score (nSPS) is 27.5. The Bertz CT molecular complexity index is 222. The standard InChI is InChI=1S/C9H13NO/c1-9(2)5-7(9)4-8(6-10)11-3/h4,7H,5H2,1-3H3/b8-4+. The second-order valence-corrected chi connectivity index (χ2v) is 3.65. The van der Waals surface area contributed by atoms with Crippen molar-refractivity contribution in [3.8, 4) is 6.07 Å². The lowest BCUT2D eigenvalue weighted by atomic mass is 10.1. The van der Waals surface area contributed by atoms with Gasteiger partial charge in [0.05, 0.1) is 7.11 Å². The minimum atomic E-state index is 0.390. The number of nitrogens with zero attached hydrogens (tertiary/aromatic N) is 1. The van der Waals surface area contributed by atoms with Gasteiger partial charge in [0, 0.05) is 0 Å². The molecule has 1 rings (SSSR count). The monoisotopic (exact) mass is 151 g/mol. The minimum Gasteiger partial charge on any atom is -0.487 e. The largest absolute Gasteiger partial charge is 0.487 e. The van der Waals surface area contributed by atoms with Crippen LogP contribution in [0.5, 0.6) is 0 Å². The number of nitriles is 1. The van der Waals surface area contributed by atoms with Crippen LogP contribution in [-0.4, -0.2) is 7.11 Å². The van der Waals surface area contributed by atoms with Crippen LogP contribution in [0.25, 0.3) is 0 Å². The highest BCUT2D eigenvalue weighted by atomic mass is 16.5. The van der Waals surface area contributed by atoms with Gasteiger partial charge in [-0.15, -0.1) is 0 Å². The van der Waals surface area contributed by atoms with Gasteiger partial charge in [0.25, 0.3) is 0 Å². The van der Waals surface area contributed by atoms with E-state index in [4.69, 9.17) is 10.00 Å². The van der Waals surface area contributed by atoms with Crippen LogP contribution in [0.15, 0.2) is 11.8 Å². The molecule has 0 N–H and O–H groups in total. The third-order valence-electron chi connectivity index (χ3n) is 2.27. The number of hydrogen-bond acceptors (Lipinski definition) is 2. The van der Waals surface area contributed by atoms with Crippen molar-refractivity contribution in [2.45, 2.75) is 20.3 Å². The average molecular weight is 151 g/mol. The first-order chi connectivity index (χ1) is 5.10. The summed E-state index contributed by atoms with van der Waals surface area (Å²) in [6.07, 6.45) is 3.08. The van der Waals surface area contributed by atoms with Gasteiger partial charge in [0.2, 0.25) is 0 Å². The summed E-state index contributed by atoms with van der Waals surface area (Å²) in [5.74, 6) is 0.984. The highest BCUT2D eigenvalue weighted by Gasteiger charge is 2.44. The summed E-state index contributed by atoms with van der Waals surface area (Å²) >= 11 is 0. The molecule has 0 bridgehead atoms. The topological polar surface area (TPSA) is 33.0 Å². The van der Waals surface area contributed by atoms with Crippen molar-refractivity contribution in [2.75, 3.05) is 7.11 Å². The maximum atomic E-state index is 8.53. The van der Waals surface area contributed by atoms with Crippen molar-refractivity contribution in [2.24, 2.45) is 11.3 Å². The maximum Gasteiger partial charge on any atom is 0.192 e. The second-order valence-electron chi connectivity index (χ2n) is 3.65. The fourth-order valence-corrected chi connectivity index (χ4v) is 1.13. The number of rotatable bonds is 2. The number of ether oxygens (including phenoxy) is 1. The van der Waals surface area contributed by atoms with Crippen LogP contribution in [-0.2, 0) is 4.74 Å². The Balaban J connectivity index is 2.55. The molecule has 0 spiro atoms. The first-order valence-electron chi connectivity index (χ1n) is 3.76. The Morgan fingerprint density at radius 1 is 1.73 bits per heavy atom. The van der Waals surface area contributed by atoms with E-state index >= 15 is 0 Å². The molecular weight excluding hydrogens is 138 g/mol. The van der Waals surface area contributed by atoms with Gasteiger partial charge in [-0.1, -0.05) is 13.8 Å². The van der Waals surface area contributed by atoms with Crippen LogP contribution >= 0.6 is 0 Å². The molecular formula is C9H13NO. The third-order valence-corrected chi connectivity index (χ3v) is 2.27. The van der Waals surface area contributed by atoms with Crippen molar-refractivity contribution >= 4 is 0 Å². The molecule has 1 aliphatic carbocycles. The van der Waals surface area contributed by atoms with Gasteiger partial charge in [-0.05, 0) is 23.8 Å². The predicted molar refractivity (Wildman–Crippen MR) is 42.6 cm³/mol.